The lowest BCUT2D eigenvalue weighted by Crippen LogP contribution is -2.52. The molecule has 0 unspecified atom stereocenters. The molecule has 2 aliphatic carbocycles. The lowest BCUT2D eigenvalue weighted by atomic mass is 9.85. The van der Waals surface area contributed by atoms with Crippen LogP contribution in [0.1, 0.15) is 25.7 Å². The van der Waals surface area contributed by atoms with E-state index in [0.29, 0.717) is 29.4 Å². The van der Waals surface area contributed by atoms with Gasteiger partial charge in [-0.15, -0.1) is 0 Å². The zero-order valence-electron chi connectivity index (χ0n) is 14.2. The molecular formula is C16H23N7O2. The molecule has 0 saturated heterocycles. The lowest BCUT2D eigenvalue weighted by molar-refractivity contribution is -0.139. The molecule has 2 aromatic rings. The predicted molar refractivity (Wildman–Crippen MR) is 93.1 cm³/mol. The van der Waals surface area contributed by atoms with Gasteiger partial charge in [0.05, 0.1) is 18.1 Å². The number of aromatic nitrogens is 4. The van der Waals surface area contributed by atoms with Gasteiger partial charge in [-0.2, -0.15) is 15.1 Å². The van der Waals surface area contributed by atoms with Crippen LogP contribution in [-0.4, -0.2) is 60.9 Å². The summed E-state index contributed by atoms with van der Waals surface area (Å²) < 4.78 is 1.67. The molecule has 9 nitrogen and oxygen atoms in total. The number of nitrogens with zero attached hydrogens (tertiary/aromatic N) is 5. The van der Waals surface area contributed by atoms with Crippen molar-refractivity contribution < 1.29 is 9.90 Å². The number of nitrogens with one attached hydrogen (secondary N) is 1. The van der Waals surface area contributed by atoms with Gasteiger partial charge in [0, 0.05) is 25.7 Å². The van der Waals surface area contributed by atoms with E-state index in [2.05, 4.69) is 25.3 Å². The fourth-order valence-corrected chi connectivity index (χ4v) is 3.44. The molecule has 0 atom stereocenters. The molecule has 2 heterocycles. The maximum Gasteiger partial charge on any atom is 0.317 e. The molecule has 0 aliphatic heterocycles. The van der Waals surface area contributed by atoms with Crippen LogP contribution in [0.15, 0.2) is 6.20 Å². The third-order valence-corrected chi connectivity index (χ3v) is 5.11. The Hall–Kier alpha value is -2.42. The fourth-order valence-electron chi connectivity index (χ4n) is 3.44. The summed E-state index contributed by atoms with van der Waals surface area (Å²) in [5.74, 6) is 0.846. The van der Waals surface area contributed by atoms with Gasteiger partial charge in [0.2, 0.25) is 5.95 Å². The molecule has 0 spiro atoms. The maximum atomic E-state index is 11.1. The minimum Gasteiger partial charge on any atom is -0.480 e. The van der Waals surface area contributed by atoms with Crippen molar-refractivity contribution in [3.8, 4) is 0 Å². The molecule has 2 aliphatic rings. The number of carbonyl (C=O) groups is 1. The molecule has 0 radical (unpaired) electrons. The Labute approximate surface area is 145 Å². The Bertz CT molecular complexity index is 795. The summed E-state index contributed by atoms with van der Waals surface area (Å²) in [7, 11) is 1.82. The number of carboxylic acid groups (broad SMARTS) is 1. The predicted octanol–water partition coefficient (Wildman–Crippen LogP) is 0.685. The van der Waals surface area contributed by atoms with Gasteiger partial charge in [-0.1, -0.05) is 0 Å². The molecule has 4 rings (SSSR count). The van der Waals surface area contributed by atoms with E-state index in [4.69, 9.17) is 10.8 Å². The van der Waals surface area contributed by atoms with Crippen LogP contribution in [0.3, 0.4) is 0 Å². The number of aryl methyl sites for hydroxylation is 1. The Balaban J connectivity index is 1.38. The van der Waals surface area contributed by atoms with E-state index in [1.807, 2.05) is 7.05 Å². The van der Waals surface area contributed by atoms with Crippen LogP contribution >= 0.6 is 0 Å². The number of nitrogens with two attached hydrogens (primary N) is 1. The third-order valence-electron chi connectivity index (χ3n) is 5.11. The average Bonchev–Trinajstić information content (AvgIpc) is 3.24. The first-order chi connectivity index (χ1) is 12.0. The monoisotopic (exact) mass is 345 g/mol. The standard InChI is InChI=1S/C16H23N7O2/c1-22-15-12(6-18-22)14(17)20-16(21-15)19-10-4-11(5-10)23(8-13(24)25)7-9-2-3-9/h6,9-11H,2-5,7-8H2,1H3,(H,24,25)(H3,17,19,20,21). The van der Waals surface area contributed by atoms with Gasteiger partial charge in [0.25, 0.3) is 0 Å². The van der Waals surface area contributed by atoms with Gasteiger partial charge in [0.15, 0.2) is 5.65 Å². The smallest absolute Gasteiger partial charge is 0.317 e. The molecule has 2 saturated carbocycles. The molecule has 0 amide bonds. The number of hydrogen-bond acceptors (Lipinski definition) is 7. The number of nitrogen functional groups attached to an aromatic ring is 1. The summed E-state index contributed by atoms with van der Waals surface area (Å²) in [6, 6.07) is 0.553. The summed E-state index contributed by atoms with van der Waals surface area (Å²) >= 11 is 0. The third kappa shape index (κ3) is 3.37. The van der Waals surface area contributed by atoms with Crippen LogP contribution in [0.2, 0.25) is 0 Å². The summed E-state index contributed by atoms with van der Waals surface area (Å²) in [6.07, 6.45) is 5.90. The SMILES string of the molecule is Cn1ncc2c(N)nc(NC3CC(N(CC(=O)O)CC4CC4)C3)nc21. The zero-order chi connectivity index (χ0) is 17.6. The Morgan fingerprint density at radius 3 is 2.88 bits per heavy atom. The highest BCUT2D eigenvalue weighted by molar-refractivity contribution is 5.86. The fraction of sp³-hybridized carbons (Fsp3) is 0.625. The van der Waals surface area contributed by atoms with E-state index in [1.54, 1.807) is 10.9 Å². The molecule has 25 heavy (non-hydrogen) atoms. The normalized spacial score (nSPS) is 23.0. The van der Waals surface area contributed by atoms with Gasteiger partial charge in [-0.05, 0) is 31.6 Å². The van der Waals surface area contributed by atoms with Crippen LogP contribution < -0.4 is 11.1 Å². The van der Waals surface area contributed by atoms with Crippen LogP contribution in [0.5, 0.6) is 0 Å². The van der Waals surface area contributed by atoms with Crippen molar-refractivity contribution in [2.75, 3.05) is 24.1 Å². The van der Waals surface area contributed by atoms with Crippen LogP contribution in [0, 0.1) is 5.92 Å². The topological polar surface area (TPSA) is 122 Å². The Kier molecular flexibility index (Phi) is 3.95. The van der Waals surface area contributed by atoms with Gasteiger partial charge < -0.3 is 16.2 Å². The van der Waals surface area contributed by atoms with E-state index < -0.39 is 5.97 Å². The highest BCUT2D eigenvalue weighted by Crippen LogP contribution is 2.34. The van der Waals surface area contributed by atoms with Crippen molar-refractivity contribution in [3.05, 3.63) is 6.20 Å². The van der Waals surface area contributed by atoms with Crippen molar-refractivity contribution in [1.29, 1.82) is 0 Å². The highest BCUT2D eigenvalue weighted by Gasteiger charge is 2.37. The summed E-state index contributed by atoms with van der Waals surface area (Å²) in [5, 5.41) is 17.3. The van der Waals surface area contributed by atoms with Crippen LogP contribution in [0.25, 0.3) is 11.0 Å². The van der Waals surface area contributed by atoms with Gasteiger partial charge >= 0.3 is 5.97 Å². The molecular weight excluding hydrogens is 322 g/mol. The molecule has 0 bridgehead atoms. The lowest BCUT2D eigenvalue weighted by Gasteiger charge is -2.42. The zero-order valence-corrected chi connectivity index (χ0v) is 14.2. The largest absolute Gasteiger partial charge is 0.480 e. The van der Waals surface area contributed by atoms with E-state index in [0.717, 1.165) is 24.8 Å². The van der Waals surface area contributed by atoms with Gasteiger partial charge in [-0.25, -0.2) is 0 Å². The summed E-state index contributed by atoms with van der Waals surface area (Å²) in [6.45, 7) is 1.02. The minimum absolute atomic E-state index is 0.123. The van der Waals surface area contributed by atoms with Crippen molar-refractivity contribution >= 4 is 28.8 Å². The van der Waals surface area contributed by atoms with E-state index in [1.165, 1.54) is 12.8 Å². The number of anilines is 2. The Morgan fingerprint density at radius 1 is 1.44 bits per heavy atom. The second-order valence-electron chi connectivity index (χ2n) is 7.17. The first kappa shape index (κ1) is 16.1. The van der Waals surface area contributed by atoms with Crippen LogP contribution in [0.4, 0.5) is 11.8 Å². The molecule has 134 valence electrons. The minimum atomic E-state index is -0.755. The quantitative estimate of drug-likeness (QED) is 0.670. The van der Waals surface area contributed by atoms with Crippen molar-refractivity contribution in [2.45, 2.75) is 37.8 Å². The second-order valence-corrected chi connectivity index (χ2v) is 7.17. The number of aliphatic carboxylic acids is 1. The Morgan fingerprint density at radius 2 is 2.20 bits per heavy atom. The van der Waals surface area contributed by atoms with Crippen molar-refractivity contribution in [3.63, 3.8) is 0 Å². The molecule has 0 aromatic carbocycles. The van der Waals surface area contributed by atoms with E-state index >= 15 is 0 Å². The maximum absolute atomic E-state index is 11.1. The second kappa shape index (κ2) is 6.14. The molecule has 9 heteroatoms. The molecule has 2 aromatic heterocycles. The number of rotatable bonds is 7. The number of fused-ring (bicyclic) bond motifs is 1. The average molecular weight is 345 g/mol. The summed E-state index contributed by atoms with van der Waals surface area (Å²) in [4.78, 5) is 22.0. The highest BCUT2D eigenvalue weighted by atomic mass is 16.4. The number of carboxylic acids is 1. The van der Waals surface area contributed by atoms with E-state index in [9.17, 15) is 4.79 Å². The van der Waals surface area contributed by atoms with Crippen molar-refractivity contribution in [2.24, 2.45) is 13.0 Å². The van der Waals surface area contributed by atoms with Gasteiger partial charge in [-0.3, -0.25) is 14.4 Å². The molecule has 2 fully saturated rings. The number of hydrogen-bond donors (Lipinski definition) is 3. The van der Waals surface area contributed by atoms with E-state index in [-0.39, 0.29) is 12.6 Å². The van der Waals surface area contributed by atoms with Crippen LogP contribution in [-0.2, 0) is 11.8 Å². The first-order valence-electron chi connectivity index (χ1n) is 8.67. The van der Waals surface area contributed by atoms with Gasteiger partial charge in [0.1, 0.15) is 5.82 Å². The first-order valence-corrected chi connectivity index (χ1v) is 8.67. The van der Waals surface area contributed by atoms with Crippen molar-refractivity contribution in [1.82, 2.24) is 24.6 Å². The molecule has 4 N–H and O–H groups in total. The summed E-state index contributed by atoms with van der Waals surface area (Å²) in [5.41, 5.74) is 6.68.